The number of hydrogen-bond donors (Lipinski definition) is 2. The standard InChI is InChI=1S/C25H20N2O6S/c1-2-33-18-10-12-19(13-11-18)34(31,32)27-22-15-23(24(28)21-9-4-3-8-20(21)22)26-17-7-5-6-16(14-17)25(29)30/h3-15,26H,2H2,1H3,(H,29,30). The third-order valence-electron chi connectivity index (χ3n) is 5.01. The van der Waals surface area contributed by atoms with Crippen LogP contribution in [0.15, 0.2) is 93.9 Å². The van der Waals surface area contributed by atoms with Gasteiger partial charge < -0.3 is 15.2 Å². The summed E-state index contributed by atoms with van der Waals surface area (Å²) >= 11 is 0. The zero-order chi connectivity index (χ0) is 24.3. The third-order valence-corrected chi connectivity index (χ3v) is 6.32. The number of carboxylic acid groups (broad SMARTS) is 1. The molecule has 1 aliphatic carbocycles. The van der Waals surface area contributed by atoms with Crippen LogP contribution in [0.3, 0.4) is 0 Å². The number of sulfonamides is 1. The van der Waals surface area contributed by atoms with E-state index in [-0.39, 0.29) is 33.2 Å². The summed E-state index contributed by atoms with van der Waals surface area (Å²) in [5.41, 5.74) is 1.23. The molecule has 172 valence electrons. The number of hydrogen-bond acceptors (Lipinski definition) is 6. The van der Waals surface area contributed by atoms with Crippen molar-refractivity contribution in [3.8, 4) is 5.75 Å². The normalized spacial score (nSPS) is 14.3. The molecular formula is C25H20N2O6S. The molecule has 0 spiro atoms. The number of aromatic carboxylic acids is 1. The lowest BCUT2D eigenvalue weighted by atomic mass is 9.92. The molecular weight excluding hydrogens is 456 g/mol. The molecule has 0 radical (unpaired) electrons. The fourth-order valence-corrected chi connectivity index (χ4v) is 4.44. The quantitative estimate of drug-likeness (QED) is 0.525. The SMILES string of the molecule is CCOc1ccc(S(=O)(=O)N=C2C=C(Nc3cccc(C(=O)O)c3)C(=O)c3ccccc32)cc1. The van der Waals surface area contributed by atoms with Crippen LogP contribution in [-0.2, 0) is 10.0 Å². The maximum atomic E-state index is 13.1. The summed E-state index contributed by atoms with van der Waals surface area (Å²) in [5.74, 6) is -0.937. The van der Waals surface area contributed by atoms with Gasteiger partial charge in [0.25, 0.3) is 10.0 Å². The summed E-state index contributed by atoms with van der Waals surface area (Å²) in [5, 5.41) is 12.1. The Morgan fingerprint density at radius 1 is 1.00 bits per heavy atom. The fraction of sp³-hybridized carbons (Fsp3) is 0.0800. The number of anilines is 1. The van der Waals surface area contributed by atoms with Gasteiger partial charge in [-0.3, -0.25) is 4.79 Å². The summed E-state index contributed by atoms with van der Waals surface area (Å²) in [6.07, 6.45) is 1.35. The minimum Gasteiger partial charge on any atom is -0.494 e. The molecule has 0 unspecified atom stereocenters. The Labute approximate surface area is 196 Å². The molecule has 0 amide bonds. The Balaban J connectivity index is 1.75. The van der Waals surface area contributed by atoms with Crippen molar-refractivity contribution in [2.45, 2.75) is 11.8 Å². The highest BCUT2D eigenvalue weighted by Crippen LogP contribution is 2.26. The van der Waals surface area contributed by atoms with Crippen LogP contribution in [0.25, 0.3) is 0 Å². The number of fused-ring (bicyclic) bond motifs is 1. The molecule has 0 heterocycles. The van der Waals surface area contributed by atoms with Gasteiger partial charge in [-0.2, -0.15) is 12.8 Å². The minimum absolute atomic E-state index is 0.0186. The predicted molar refractivity (Wildman–Crippen MR) is 127 cm³/mol. The van der Waals surface area contributed by atoms with Crippen molar-refractivity contribution in [2.24, 2.45) is 4.40 Å². The molecule has 0 aliphatic heterocycles. The molecule has 9 heteroatoms. The van der Waals surface area contributed by atoms with Gasteiger partial charge in [0.1, 0.15) is 5.75 Å². The van der Waals surface area contributed by atoms with Crippen molar-refractivity contribution in [1.29, 1.82) is 0 Å². The smallest absolute Gasteiger partial charge is 0.335 e. The van der Waals surface area contributed by atoms with Crippen LogP contribution >= 0.6 is 0 Å². The van der Waals surface area contributed by atoms with E-state index in [0.29, 0.717) is 23.6 Å². The van der Waals surface area contributed by atoms with Gasteiger partial charge in [-0.05, 0) is 55.5 Å². The number of carbonyl (C=O) groups is 2. The van der Waals surface area contributed by atoms with Gasteiger partial charge in [-0.15, -0.1) is 0 Å². The van der Waals surface area contributed by atoms with E-state index in [1.165, 1.54) is 30.3 Å². The molecule has 0 atom stereocenters. The maximum Gasteiger partial charge on any atom is 0.335 e. The summed E-state index contributed by atoms with van der Waals surface area (Å²) in [4.78, 5) is 24.3. The highest BCUT2D eigenvalue weighted by atomic mass is 32.2. The lowest BCUT2D eigenvalue weighted by Gasteiger charge is -2.19. The Hall–Kier alpha value is -4.24. The van der Waals surface area contributed by atoms with Gasteiger partial charge in [0.2, 0.25) is 5.78 Å². The third kappa shape index (κ3) is 4.74. The van der Waals surface area contributed by atoms with Crippen molar-refractivity contribution in [1.82, 2.24) is 0 Å². The van der Waals surface area contributed by atoms with Gasteiger partial charge in [0.05, 0.1) is 28.5 Å². The molecule has 0 saturated carbocycles. The van der Waals surface area contributed by atoms with Crippen LogP contribution in [0.2, 0.25) is 0 Å². The Morgan fingerprint density at radius 2 is 1.71 bits per heavy atom. The van der Waals surface area contributed by atoms with Crippen molar-refractivity contribution >= 4 is 33.2 Å². The van der Waals surface area contributed by atoms with Crippen LogP contribution in [0.4, 0.5) is 5.69 Å². The molecule has 1 aliphatic rings. The van der Waals surface area contributed by atoms with Crippen molar-refractivity contribution in [2.75, 3.05) is 11.9 Å². The monoisotopic (exact) mass is 476 g/mol. The van der Waals surface area contributed by atoms with Crippen LogP contribution in [-0.4, -0.2) is 37.6 Å². The number of carboxylic acids is 1. The number of benzene rings is 3. The van der Waals surface area contributed by atoms with Crippen molar-refractivity contribution in [3.63, 3.8) is 0 Å². The van der Waals surface area contributed by atoms with Crippen LogP contribution in [0.1, 0.15) is 33.2 Å². The number of rotatable bonds is 7. The molecule has 0 saturated heterocycles. The van der Waals surface area contributed by atoms with Crippen molar-refractivity contribution in [3.05, 3.63) is 101 Å². The highest BCUT2D eigenvalue weighted by molar-refractivity contribution is 7.90. The zero-order valence-corrected chi connectivity index (χ0v) is 18.9. The first-order valence-electron chi connectivity index (χ1n) is 10.3. The molecule has 34 heavy (non-hydrogen) atoms. The number of ether oxygens (including phenoxy) is 1. The predicted octanol–water partition coefficient (Wildman–Crippen LogP) is 4.15. The van der Waals surface area contributed by atoms with E-state index in [1.54, 1.807) is 48.5 Å². The summed E-state index contributed by atoms with van der Waals surface area (Å²) < 4.78 is 35.4. The average Bonchev–Trinajstić information content (AvgIpc) is 2.83. The lowest BCUT2D eigenvalue weighted by Crippen LogP contribution is -2.22. The molecule has 0 aromatic heterocycles. The van der Waals surface area contributed by atoms with E-state index in [0.717, 1.165) is 0 Å². The summed E-state index contributed by atoms with van der Waals surface area (Å²) in [6, 6.07) is 18.4. The first kappa shape index (κ1) is 22.9. The molecule has 2 N–H and O–H groups in total. The van der Waals surface area contributed by atoms with Gasteiger partial charge in [-0.25, -0.2) is 4.79 Å². The van der Waals surface area contributed by atoms with Gasteiger partial charge in [0, 0.05) is 16.8 Å². The molecule has 4 rings (SSSR count). The van der Waals surface area contributed by atoms with Crippen LogP contribution in [0.5, 0.6) is 5.75 Å². The largest absolute Gasteiger partial charge is 0.494 e. The molecule has 8 nitrogen and oxygen atoms in total. The molecule has 3 aromatic rings. The number of ketones is 1. The first-order valence-corrected chi connectivity index (χ1v) is 11.8. The number of Topliss-reactive ketones (excluding diaryl/α,β-unsaturated/α-hetero) is 1. The highest BCUT2D eigenvalue weighted by Gasteiger charge is 2.26. The number of carbonyl (C=O) groups excluding carboxylic acids is 1. The van der Waals surface area contributed by atoms with Crippen LogP contribution < -0.4 is 10.1 Å². The van der Waals surface area contributed by atoms with Crippen LogP contribution in [0, 0.1) is 0 Å². The van der Waals surface area contributed by atoms with E-state index >= 15 is 0 Å². The van der Waals surface area contributed by atoms with Gasteiger partial charge in [0.15, 0.2) is 0 Å². The van der Waals surface area contributed by atoms with Gasteiger partial charge >= 0.3 is 5.97 Å². The first-order chi connectivity index (χ1) is 16.3. The topological polar surface area (TPSA) is 122 Å². The van der Waals surface area contributed by atoms with E-state index in [1.807, 2.05) is 6.92 Å². The Kier molecular flexibility index (Phi) is 6.29. The Morgan fingerprint density at radius 3 is 2.38 bits per heavy atom. The molecule has 0 fully saturated rings. The molecule has 3 aromatic carbocycles. The summed E-state index contributed by atoms with van der Waals surface area (Å²) in [6.45, 7) is 2.28. The van der Waals surface area contributed by atoms with E-state index in [4.69, 9.17) is 4.74 Å². The number of nitrogens with zero attached hydrogens (tertiary/aromatic N) is 1. The Bertz CT molecular complexity index is 1440. The summed E-state index contributed by atoms with van der Waals surface area (Å²) in [7, 11) is -4.10. The van der Waals surface area contributed by atoms with E-state index < -0.39 is 16.0 Å². The fourth-order valence-electron chi connectivity index (χ4n) is 3.44. The lowest BCUT2D eigenvalue weighted by molar-refractivity contribution is 0.0696. The number of allylic oxidation sites excluding steroid dienone is 2. The van der Waals surface area contributed by atoms with E-state index in [9.17, 15) is 23.1 Å². The minimum atomic E-state index is -4.10. The average molecular weight is 477 g/mol. The second-order valence-electron chi connectivity index (χ2n) is 7.30. The van der Waals surface area contributed by atoms with E-state index in [2.05, 4.69) is 9.71 Å². The van der Waals surface area contributed by atoms with Crippen molar-refractivity contribution < 1.29 is 27.9 Å². The van der Waals surface area contributed by atoms with Gasteiger partial charge in [-0.1, -0.05) is 30.3 Å². The maximum absolute atomic E-state index is 13.1. The number of nitrogens with one attached hydrogen (secondary N) is 1. The second kappa shape index (κ2) is 9.32. The second-order valence-corrected chi connectivity index (χ2v) is 8.90. The molecule has 0 bridgehead atoms. The zero-order valence-electron chi connectivity index (χ0n) is 18.1.